The maximum absolute atomic E-state index is 13.5. The molecule has 2 N–H and O–H groups in total. The van der Waals surface area contributed by atoms with Crippen molar-refractivity contribution in [3.8, 4) is 11.3 Å². The van der Waals surface area contributed by atoms with Gasteiger partial charge >= 0.3 is 0 Å². The van der Waals surface area contributed by atoms with Gasteiger partial charge in [-0.25, -0.2) is 4.39 Å². The Kier molecular flexibility index (Phi) is 3.37. The van der Waals surface area contributed by atoms with E-state index in [-0.39, 0.29) is 5.82 Å². The van der Waals surface area contributed by atoms with Crippen LogP contribution in [0.3, 0.4) is 0 Å². The Morgan fingerprint density at radius 2 is 2.19 bits per heavy atom. The molecule has 2 rings (SSSR count). The van der Waals surface area contributed by atoms with E-state index in [4.69, 9.17) is 0 Å². The van der Waals surface area contributed by atoms with Gasteiger partial charge in [0.25, 0.3) is 0 Å². The zero-order chi connectivity index (χ0) is 11.4. The highest BCUT2D eigenvalue weighted by Crippen LogP contribution is 2.20. The molecule has 3 heteroatoms. The van der Waals surface area contributed by atoms with E-state index in [9.17, 15) is 4.39 Å². The maximum Gasteiger partial charge on any atom is 0.127 e. The summed E-state index contributed by atoms with van der Waals surface area (Å²) in [5.74, 6) is -0.156. The van der Waals surface area contributed by atoms with E-state index >= 15 is 0 Å². The number of hydrogen-bond acceptors (Lipinski definition) is 1. The molecule has 0 aliphatic rings. The van der Waals surface area contributed by atoms with Gasteiger partial charge in [-0.2, -0.15) is 0 Å². The zero-order valence-corrected chi connectivity index (χ0v) is 9.26. The number of aromatic nitrogens is 1. The Hall–Kier alpha value is -1.61. The molecule has 16 heavy (non-hydrogen) atoms. The van der Waals surface area contributed by atoms with Crippen LogP contribution in [0.25, 0.3) is 11.3 Å². The van der Waals surface area contributed by atoms with Gasteiger partial charge in [-0.1, -0.05) is 6.92 Å². The number of nitrogens with one attached hydrogen (secondary N) is 2. The first-order valence-electron chi connectivity index (χ1n) is 5.44. The van der Waals surface area contributed by atoms with Crippen LogP contribution in [0.2, 0.25) is 0 Å². The van der Waals surface area contributed by atoms with Crippen molar-refractivity contribution in [1.82, 2.24) is 10.3 Å². The second kappa shape index (κ2) is 4.94. The summed E-state index contributed by atoms with van der Waals surface area (Å²) in [4.78, 5) is 3.11. The van der Waals surface area contributed by atoms with Crippen molar-refractivity contribution in [2.24, 2.45) is 0 Å². The summed E-state index contributed by atoms with van der Waals surface area (Å²) in [5, 5.41) is 3.13. The van der Waals surface area contributed by atoms with Gasteiger partial charge in [0.05, 0.1) is 0 Å². The second-order valence-electron chi connectivity index (χ2n) is 3.67. The van der Waals surface area contributed by atoms with Crippen LogP contribution in [0.5, 0.6) is 0 Å². The predicted octanol–water partition coefficient (Wildman–Crippen LogP) is 2.93. The summed E-state index contributed by atoms with van der Waals surface area (Å²) in [6.07, 6.45) is 1.86. The second-order valence-corrected chi connectivity index (χ2v) is 3.67. The van der Waals surface area contributed by atoms with E-state index in [1.54, 1.807) is 6.07 Å². The largest absolute Gasteiger partial charge is 0.361 e. The van der Waals surface area contributed by atoms with Crippen LogP contribution < -0.4 is 5.32 Å². The Labute approximate surface area is 94.5 Å². The molecule has 1 heterocycles. The standard InChI is InChI=1S/C13H15FN2/c1-2-15-9-11-8-10(5-6-12(11)14)13-4-3-7-16-13/h3-8,15-16H,2,9H2,1H3. The molecule has 0 saturated heterocycles. The fourth-order valence-corrected chi connectivity index (χ4v) is 1.65. The molecule has 2 nitrogen and oxygen atoms in total. The number of halogens is 1. The molecule has 0 unspecified atom stereocenters. The van der Waals surface area contributed by atoms with Gasteiger partial charge in [0.15, 0.2) is 0 Å². The Morgan fingerprint density at radius 1 is 1.31 bits per heavy atom. The maximum atomic E-state index is 13.5. The lowest BCUT2D eigenvalue weighted by atomic mass is 10.1. The topological polar surface area (TPSA) is 27.8 Å². The molecule has 0 fully saturated rings. The quantitative estimate of drug-likeness (QED) is 0.811. The summed E-state index contributed by atoms with van der Waals surface area (Å²) < 4.78 is 13.5. The molecule has 0 aliphatic carbocycles. The van der Waals surface area contributed by atoms with Gasteiger partial charge in [0.1, 0.15) is 5.82 Å². The molecule has 84 valence electrons. The third-order valence-electron chi connectivity index (χ3n) is 2.52. The third kappa shape index (κ3) is 2.31. The van der Waals surface area contributed by atoms with Crippen molar-refractivity contribution in [3.63, 3.8) is 0 Å². The normalized spacial score (nSPS) is 10.6. The third-order valence-corrected chi connectivity index (χ3v) is 2.52. The Morgan fingerprint density at radius 3 is 2.88 bits per heavy atom. The lowest BCUT2D eigenvalue weighted by Gasteiger charge is -2.06. The molecule has 1 aromatic heterocycles. The smallest absolute Gasteiger partial charge is 0.127 e. The minimum Gasteiger partial charge on any atom is -0.361 e. The van der Waals surface area contributed by atoms with Gasteiger partial charge < -0.3 is 10.3 Å². The van der Waals surface area contributed by atoms with Crippen molar-refractivity contribution in [2.75, 3.05) is 6.54 Å². The molecule has 0 radical (unpaired) electrons. The highest BCUT2D eigenvalue weighted by molar-refractivity contribution is 5.60. The lowest BCUT2D eigenvalue weighted by molar-refractivity contribution is 0.593. The van der Waals surface area contributed by atoms with Gasteiger partial charge in [0, 0.05) is 24.0 Å². The molecule has 0 spiro atoms. The number of aromatic amines is 1. The van der Waals surface area contributed by atoms with Crippen LogP contribution in [0.15, 0.2) is 36.5 Å². The van der Waals surface area contributed by atoms with Crippen LogP contribution in [0, 0.1) is 5.82 Å². The van der Waals surface area contributed by atoms with E-state index in [0.29, 0.717) is 12.1 Å². The van der Waals surface area contributed by atoms with Crippen LogP contribution in [0.1, 0.15) is 12.5 Å². The van der Waals surface area contributed by atoms with Crippen LogP contribution in [-0.4, -0.2) is 11.5 Å². The van der Waals surface area contributed by atoms with Gasteiger partial charge in [0.2, 0.25) is 0 Å². The summed E-state index contributed by atoms with van der Waals surface area (Å²) >= 11 is 0. The van der Waals surface area contributed by atoms with Crippen molar-refractivity contribution in [2.45, 2.75) is 13.5 Å². The summed E-state index contributed by atoms with van der Waals surface area (Å²) in [5.41, 5.74) is 2.73. The average Bonchev–Trinajstić information content (AvgIpc) is 2.81. The van der Waals surface area contributed by atoms with Crippen molar-refractivity contribution < 1.29 is 4.39 Å². The molecule has 1 aromatic carbocycles. The summed E-state index contributed by atoms with van der Waals surface area (Å²) in [7, 11) is 0. The van der Waals surface area contributed by atoms with Crippen molar-refractivity contribution in [3.05, 3.63) is 47.9 Å². The molecule has 2 aromatic rings. The first-order chi connectivity index (χ1) is 7.81. The number of hydrogen-bond donors (Lipinski definition) is 2. The van der Waals surface area contributed by atoms with E-state index in [1.807, 2.05) is 31.3 Å². The highest BCUT2D eigenvalue weighted by Gasteiger charge is 2.04. The van der Waals surface area contributed by atoms with Gasteiger partial charge in [-0.05, 0) is 42.4 Å². The fourth-order valence-electron chi connectivity index (χ4n) is 1.65. The number of benzene rings is 1. The van der Waals surface area contributed by atoms with E-state index in [0.717, 1.165) is 17.8 Å². The predicted molar refractivity (Wildman–Crippen MR) is 63.6 cm³/mol. The van der Waals surface area contributed by atoms with Gasteiger partial charge in [-0.15, -0.1) is 0 Å². The Bertz CT molecular complexity index is 449. The minimum absolute atomic E-state index is 0.156. The fraction of sp³-hybridized carbons (Fsp3) is 0.231. The highest BCUT2D eigenvalue weighted by atomic mass is 19.1. The molecule has 0 atom stereocenters. The number of rotatable bonds is 4. The first kappa shape index (κ1) is 10.9. The molecular weight excluding hydrogens is 203 g/mol. The summed E-state index contributed by atoms with van der Waals surface area (Å²) in [6.45, 7) is 3.41. The monoisotopic (exact) mass is 218 g/mol. The van der Waals surface area contributed by atoms with Crippen molar-refractivity contribution in [1.29, 1.82) is 0 Å². The lowest BCUT2D eigenvalue weighted by Crippen LogP contribution is -2.12. The molecule has 0 aliphatic heterocycles. The van der Waals surface area contributed by atoms with E-state index < -0.39 is 0 Å². The van der Waals surface area contributed by atoms with E-state index in [1.165, 1.54) is 6.07 Å². The SMILES string of the molecule is CCNCc1cc(-c2ccc[nH]2)ccc1F. The Balaban J connectivity index is 2.28. The van der Waals surface area contributed by atoms with E-state index in [2.05, 4.69) is 10.3 Å². The zero-order valence-electron chi connectivity index (χ0n) is 9.26. The van der Waals surface area contributed by atoms with Crippen molar-refractivity contribution >= 4 is 0 Å². The molecule has 0 bridgehead atoms. The first-order valence-corrected chi connectivity index (χ1v) is 5.44. The van der Waals surface area contributed by atoms with Crippen LogP contribution in [-0.2, 0) is 6.54 Å². The molecule has 0 saturated carbocycles. The molecular formula is C13H15FN2. The number of H-pyrrole nitrogens is 1. The van der Waals surface area contributed by atoms with Crippen LogP contribution >= 0.6 is 0 Å². The average molecular weight is 218 g/mol. The van der Waals surface area contributed by atoms with Crippen LogP contribution in [0.4, 0.5) is 4.39 Å². The summed E-state index contributed by atoms with van der Waals surface area (Å²) in [6, 6.07) is 9.09. The van der Waals surface area contributed by atoms with Gasteiger partial charge in [-0.3, -0.25) is 0 Å². The minimum atomic E-state index is -0.156. The molecule has 0 amide bonds.